The highest BCUT2D eigenvalue weighted by Crippen LogP contribution is 2.26. The maximum Gasteiger partial charge on any atom is 0.276 e. The zero-order valence-corrected chi connectivity index (χ0v) is 13.2. The molecule has 0 radical (unpaired) electrons. The van der Waals surface area contributed by atoms with Crippen LogP contribution in [-0.4, -0.2) is 27.6 Å². The number of nitrogens with zero attached hydrogens (tertiary/aromatic N) is 3. The van der Waals surface area contributed by atoms with Gasteiger partial charge in [-0.15, -0.1) is 0 Å². The second-order valence-corrected chi connectivity index (χ2v) is 5.05. The second-order valence-electron chi connectivity index (χ2n) is 5.05. The normalized spacial score (nSPS) is 10.9. The molecule has 0 fully saturated rings. The minimum Gasteiger partial charge on any atom is -0.490 e. The molecule has 1 aromatic carbocycles. The summed E-state index contributed by atoms with van der Waals surface area (Å²) in [6.45, 7) is 3.31. The fourth-order valence-electron chi connectivity index (χ4n) is 2.55. The van der Waals surface area contributed by atoms with Gasteiger partial charge in [0.15, 0.2) is 17.1 Å². The third-order valence-electron chi connectivity index (χ3n) is 3.63. The maximum absolute atomic E-state index is 12.4. The van der Waals surface area contributed by atoms with Crippen molar-refractivity contribution in [2.75, 3.05) is 13.2 Å². The Bertz CT molecular complexity index is 867. The lowest BCUT2D eigenvalue weighted by atomic mass is 10.3. The van der Waals surface area contributed by atoms with Gasteiger partial charge in [-0.2, -0.15) is 0 Å². The van der Waals surface area contributed by atoms with Crippen molar-refractivity contribution in [2.24, 2.45) is 7.05 Å². The van der Waals surface area contributed by atoms with Crippen LogP contribution in [0.1, 0.15) is 6.92 Å². The van der Waals surface area contributed by atoms with E-state index < -0.39 is 0 Å². The van der Waals surface area contributed by atoms with Crippen LogP contribution in [0.5, 0.6) is 11.5 Å². The lowest BCUT2D eigenvalue weighted by Crippen LogP contribution is -2.24. The van der Waals surface area contributed by atoms with Gasteiger partial charge in [0.25, 0.3) is 5.56 Å². The summed E-state index contributed by atoms with van der Waals surface area (Å²) in [5.41, 5.74) is 0.615. The quantitative estimate of drug-likeness (QED) is 0.700. The molecule has 6 heteroatoms. The van der Waals surface area contributed by atoms with Gasteiger partial charge in [-0.3, -0.25) is 9.48 Å². The molecule has 0 N–H and O–H groups in total. The predicted molar refractivity (Wildman–Crippen MR) is 88.1 cm³/mol. The molecular weight excluding hydrogens is 294 g/mol. The van der Waals surface area contributed by atoms with Crippen molar-refractivity contribution in [1.29, 1.82) is 0 Å². The SMILES string of the molecule is CCOc1ccccc1OCCn1c(=O)c2cccnc2n1C. The Morgan fingerprint density at radius 2 is 1.83 bits per heavy atom. The van der Waals surface area contributed by atoms with Crippen molar-refractivity contribution in [3.8, 4) is 11.5 Å². The van der Waals surface area contributed by atoms with Crippen LogP contribution in [0.25, 0.3) is 11.0 Å². The highest BCUT2D eigenvalue weighted by atomic mass is 16.5. The third kappa shape index (κ3) is 2.92. The lowest BCUT2D eigenvalue weighted by molar-refractivity contribution is 0.256. The van der Waals surface area contributed by atoms with Gasteiger partial charge in [-0.1, -0.05) is 12.1 Å². The van der Waals surface area contributed by atoms with E-state index in [1.807, 2.05) is 38.2 Å². The summed E-state index contributed by atoms with van der Waals surface area (Å²) in [5.74, 6) is 1.39. The predicted octanol–water partition coefficient (Wildman–Crippen LogP) is 2.21. The van der Waals surface area contributed by atoms with Gasteiger partial charge in [0.2, 0.25) is 0 Å². The molecule has 0 spiro atoms. The van der Waals surface area contributed by atoms with E-state index in [0.29, 0.717) is 42.3 Å². The molecule has 0 saturated carbocycles. The molecule has 0 bridgehead atoms. The number of ether oxygens (including phenoxy) is 2. The number of pyridine rings is 1. The highest BCUT2D eigenvalue weighted by molar-refractivity contribution is 5.73. The Morgan fingerprint density at radius 3 is 2.52 bits per heavy atom. The van der Waals surface area contributed by atoms with E-state index >= 15 is 0 Å². The molecule has 3 aromatic rings. The molecule has 0 aliphatic heterocycles. The fraction of sp³-hybridized carbons (Fsp3) is 0.294. The standard InChI is InChI=1S/C17H19N3O3/c1-3-22-14-8-4-5-9-15(14)23-12-11-20-17(21)13-7-6-10-18-16(13)19(20)2/h4-10H,3,11-12H2,1-2H3. The summed E-state index contributed by atoms with van der Waals surface area (Å²) in [4.78, 5) is 16.6. The van der Waals surface area contributed by atoms with E-state index in [1.54, 1.807) is 27.7 Å². The first-order valence-corrected chi connectivity index (χ1v) is 7.57. The number of fused-ring (bicyclic) bond motifs is 1. The van der Waals surface area contributed by atoms with Crippen LogP contribution in [0.4, 0.5) is 0 Å². The van der Waals surface area contributed by atoms with Gasteiger partial charge in [-0.05, 0) is 31.2 Å². The van der Waals surface area contributed by atoms with Crippen LogP contribution in [0, 0.1) is 0 Å². The molecule has 23 heavy (non-hydrogen) atoms. The number of rotatable bonds is 6. The molecule has 2 heterocycles. The van der Waals surface area contributed by atoms with Gasteiger partial charge in [0, 0.05) is 13.2 Å². The molecule has 2 aromatic heterocycles. The number of para-hydroxylation sites is 2. The molecule has 0 saturated heterocycles. The molecule has 6 nitrogen and oxygen atoms in total. The summed E-state index contributed by atoms with van der Waals surface area (Å²) in [7, 11) is 1.82. The van der Waals surface area contributed by atoms with Crippen LogP contribution < -0.4 is 15.0 Å². The average Bonchev–Trinajstić information content (AvgIpc) is 2.82. The van der Waals surface area contributed by atoms with Gasteiger partial charge < -0.3 is 9.47 Å². The summed E-state index contributed by atoms with van der Waals surface area (Å²) < 4.78 is 14.7. The van der Waals surface area contributed by atoms with E-state index in [0.717, 1.165) is 0 Å². The Morgan fingerprint density at radius 1 is 1.09 bits per heavy atom. The average molecular weight is 313 g/mol. The molecule has 0 aliphatic rings. The minimum atomic E-state index is -0.0581. The van der Waals surface area contributed by atoms with Crippen LogP contribution in [0.15, 0.2) is 47.4 Å². The first-order chi connectivity index (χ1) is 11.2. The maximum atomic E-state index is 12.4. The van der Waals surface area contributed by atoms with Gasteiger partial charge >= 0.3 is 0 Å². The lowest BCUT2D eigenvalue weighted by Gasteiger charge is -2.12. The fourth-order valence-corrected chi connectivity index (χ4v) is 2.55. The molecule has 120 valence electrons. The Balaban J connectivity index is 1.76. The number of hydrogen-bond donors (Lipinski definition) is 0. The van der Waals surface area contributed by atoms with Crippen molar-refractivity contribution in [1.82, 2.24) is 14.3 Å². The number of aromatic nitrogens is 3. The Hall–Kier alpha value is -2.76. The summed E-state index contributed by atoms with van der Waals surface area (Å²) in [6.07, 6.45) is 1.68. The van der Waals surface area contributed by atoms with E-state index in [9.17, 15) is 4.79 Å². The van der Waals surface area contributed by atoms with Crippen LogP contribution in [-0.2, 0) is 13.6 Å². The van der Waals surface area contributed by atoms with E-state index in [1.165, 1.54) is 0 Å². The van der Waals surface area contributed by atoms with Gasteiger partial charge in [0.05, 0.1) is 18.5 Å². The van der Waals surface area contributed by atoms with Crippen molar-refractivity contribution in [3.63, 3.8) is 0 Å². The number of aryl methyl sites for hydroxylation is 1. The molecule has 3 rings (SSSR count). The van der Waals surface area contributed by atoms with Crippen LogP contribution in [0.2, 0.25) is 0 Å². The highest BCUT2D eigenvalue weighted by Gasteiger charge is 2.11. The van der Waals surface area contributed by atoms with Crippen molar-refractivity contribution < 1.29 is 9.47 Å². The van der Waals surface area contributed by atoms with E-state index in [2.05, 4.69) is 4.98 Å². The van der Waals surface area contributed by atoms with Gasteiger partial charge in [-0.25, -0.2) is 9.67 Å². The Labute approximate surface area is 133 Å². The summed E-state index contributed by atoms with van der Waals surface area (Å²) >= 11 is 0. The third-order valence-corrected chi connectivity index (χ3v) is 3.63. The number of hydrogen-bond acceptors (Lipinski definition) is 4. The second kappa shape index (κ2) is 6.56. The first kappa shape index (κ1) is 15.1. The molecule has 0 amide bonds. The molecule has 0 unspecified atom stereocenters. The minimum absolute atomic E-state index is 0.0581. The van der Waals surface area contributed by atoms with Crippen molar-refractivity contribution >= 4 is 11.0 Å². The van der Waals surface area contributed by atoms with Crippen LogP contribution in [0.3, 0.4) is 0 Å². The summed E-state index contributed by atoms with van der Waals surface area (Å²) in [5, 5.41) is 0.615. The zero-order valence-electron chi connectivity index (χ0n) is 13.2. The smallest absolute Gasteiger partial charge is 0.276 e. The molecule has 0 aliphatic carbocycles. The monoisotopic (exact) mass is 313 g/mol. The first-order valence-electron chi connectivity index (χ1n) is 7.57. The Kier molecular flexibility index (Phi) is 4.32. The number of benzene rings is 1. The van der Waals surface area contributed by atoms with Crippen molar-refractivity contribution in [3.05, 3.63) is 52.9 Å². The zero-order chi connectivity index (χ0) is 16.2. The summed E-state index contributed by atoms with van der Waals surface area (Å²) in [6, 6.07) is 11.1. The topological polar surface area (TPSA) is 58.3 Å². The van der Waals surface area contributed by atoms with Crippen molar-refractivity contribution in [2.45, 2.75) is 13.5 Å². The van der Waals surface area contributed by atoms with E-state index in [-0.39, 0.29) is 5.56 Å². The van der Waals surface area contributed by atoms with Crippen LogP contribution >= 0.6 is 0 Å². The van der Waals surface area contributed by atoms with E-state index in [4.69, 9.17) is 9.47 Å². The molecule has 0 atom stereocenters. The largest absolute Gasteiger partial charge is 0.490 e. The molecular formula is C17H19N3O3. The van der Waals surface area contributed by atoms with Gasteiger partial charge in [0.1, 0.15) is 6.61 Å².